The lowest BCUT2D eigenvalue weighted by Gasteiger charge is -2.17. The first-order valence-electron chi connectivity index (χ1n) is 6.52. The Morgan fingerprint density at radius 2 is 2.06 bits per heavy atom. The Labute approximate surface area is 113 Å². The second kappa shape index (κ2) is 5.08. The van der Waals surface area contributed by atoms with Crippen LogP contribution in [0, 0.1) is 11.8 Å². The maximum Gasteiger partial charge on any atom is 0.137 e. The van der Waals surface area contributed by atoms with Gasteiger partial charge in [-0.25, -0.2) is 0 Å². The van der Waals surface area contributed by atoms with Crippen molar-refractivity contribution < 1.29 is 4.74 Å². The smallest absolute Gasteiger partial charge is 0.137 e. The van der Waals surface area contributed by atoms with E-state index < -0.39 is 0 Å². The van der Waals surface area contributed by atoms with E-state index in [9.17, 15) is 0 Å². The Morgan fingerprint density at radius 1 is 1.33 bits per heavy atom. The predicted molar refractivity (Wildman–Crippen MR) is 73.1 cm³/mol. The van der Waals surface area contributed by atoms with E-state index >= 15 is 0 Å². The summed E-state index contributed by atoms with van der Waals surface area (Å²) in [5, 5.41) is 4.17. The molecule has 1 N–H and O–H groups in total. The van der Waals surface area contributed by atoms with Crippen molar-refractivity contribution in [2.45, 2.75) is 6.54 Å². The number of hydrogen-bond donors (Lipinski definition) is 1. The molecular formula is C14H19ClN2O. The number of fused-ring (bicyclic) bond motifs is 1. The van der Waals surface area contributed by atoms with Crippen LogP contribution in [0.3, 0.4) is 0 Å². The molecule has 2 heterocycles. The highest BCUT2D eigenvalue weighted by molar-refractivity contribution is 6.32. The molecule has 0 saturated carbocycles. The number of benzene rings is 1. The Kier molecular flexibility index (Phi) is 3.46. The standard InChI is InChI=1S/C14H19ClN2O/c1-18-14-3-2-10(4-13(14)15)7-17-8-11-5-16-6-12(11)9-17/h2-4,11-12,16H,5-9H2,1H3/t11-,12+. The van der Waals surface area contributed by atoms with Crippen LogP contribution in [0.5, 0.6) is 5.75 Å². The van der Waals surface area contributed by atoms with E-state index in [2.05, 4.69) is 16.3 Å². The molecule has 0 aliphatic carbocycles. The molecule has 1 aromatic rings. The largest absolute Gasteiger partial charge is 0.495 e. The fraction of sp³-hybridized carbons (Fsp3) is 0.571. The first-order valence-corrected chi connectivity index (χ1v) is 6.89. The molecule has 4 heteroatoms. The summed E-state index contributed by atoms with van der Waals surface area (Å²) < 4.78 is 5.18. The van der Waals surface area contributed by atoms with Gasteiger partial charge in [0.05, 0.1) is 12.1 Å². The molecule has 98 valence electrons. The van der Waals surface area contributed by atoms with Crippen molar-refractivity contribution in [2.24, 2.45) is 11.8 Å². The lowest BCUT2D eigenvalue weighted by molar-refractivity contribution is 0.305. The Bertz CT molecular complexity index is 426. The summed E-state index contributed by atoms with van der Waals surface area (Å²) in [6, 6.07) is 6.08. The molecule has 0 aromatic heterocycles. The van der Waals surface area contributed by atoms with E-state index in [1.54, 1.807) is 7.11 Å². The summed E-state index contributed by atoms with van der Waals surface area (Å²) in [4.78, 5) is 2.54. The molecule has 3 rings (SSSR count). The van der Waals surface area contributed by atoms with Crippen molar-refractivity contribution in [1.82, 2.24) is 10.2 Å². The van der Waals surface area contributed by atoms with Gasteiger partial charge in [-0.1, -0.05) is 17.7 Å². The highest BCUT2D eigenvalue weighted by Crippen LogP contribution is 2.29. The summed E-state index contributed by atoms with van der Waals surface area (Å²) in [5.74, 6) is 2.44. The number of methoxy groups -OCH3 is 1. The van der Waals surface area contributed by atoms with Crippen molar-refractivity contribution in [1.29, 1.82) is 0 Å². The molecule has 2 atom stereocenters. The number of hydrogen-bond acceptors (Lipinski definition) is 3. The van der Waals surface area contributed by atoms with Crippen LogP contribution in [0.4, 0.5) is 0 Å². The van der Waals surface area contributed by atoms with Gasteiger partial charge in [0.25, 0.3) is 0 Å². The second-order valence-electron chi connectivity index (χ2n) is 5.34. The number of nitrogens with one attached hydrogen (secondary N) is 1. The molecule has 0 bridgehead atoms. The normalized spacial score (nSPS) is 27.4. The lowest BCUT2D eigenvalue weighted by Crippen LogP contribution is -2.25. The molecule has 2 fully saturated rings. The summed E-state index contributed by atoms with van der Waals surface area (Å²) in [6.45, 7) is 5.79. The molecule has 0 spiro atoms. The number of ether oxygens (including phenoxy) is 1. The predicted octanol–water partition coefficient (Wildman–Crippen LogP) is 2.00. The maximum absolute atomic E-state index is 6.16. The average molecular weight is 267 g/mol. The molecule has 2 aliphatic heterocycles. The minimum absolute atomic E-state index is 0.705. The molecule has 0 radical (unpaired) electrons. The minimum atomic E-state index is 0.705. The third-order valence-electron chi connectivity index (χ3n) is 4.09. The van der Waals surface area contributed by atoms with Crippen LogP contribution in [0.15, 0.2) is 18.2 Å². The summed E-state index contributed by atoms with van der Waals surface area (Å²) >= 11 is 6.16. The minimum Gasteiger partial charge on any atom is -0.495 e. The van der Waals surface area contributed by atoms with Gasteiger partial charge in [-0.3, -0.25) is 4.90 Å². The van der Waals surface area contributed by atoms with Crippen LogP contribution in [0.1, 0.15) is 5.56 Å². The molecule has 3 nitrogen and oxygen atoms in total. The zero-order valence-corrected chi connectivity index (χ0v) is 11.4. The molecule has 2 saturated heterocycles. The van der Waals surface area contributed by atoms with Crippen LogP contribution >= 0.6 is 11.6 Å². The Morgan fingerprint density at radius 3 is 2.67 bits per heavy atom. The van der Waals surface area contributed by atoms with Crippen molar-refractivity contribution in [2.75, 3.05) is 33.3 Å². The van der Waals surface area contributed by atoms with Gasteiger partial charge in [-0.05, 0) is 42.6 Å². The molecule has 0 amide bonds. The molecule has 2 aliphatic rings. The average Bonchev–Trinajstić information content (AvgIpc) is 2.90. The van der Waals surface area contributed by atoms with E-state index in [1.807, 2.05) is 12.1 Å². The Hall–Kier alpha value is -0.770. The van der Waals surface area contributed by atoms with Gasteiger partial charge in [-0.2, -0.15) is 0 Å². The maximum atomic E-state index is 6.16. The number of halogens is 1. The molecule has 18 heavy (non-hydrogen) atoms. The van der Waals surface area contributed by atoms with Gasteiger partial charge in [0, 0.05) is 19.6 Å². The highest BCUT2D eigenvalue weighted by atomic mass is 35.5. The van der Waals surface area contributed by atoms with E-state index in [1.165, 1.54) is 31.7 Å². The van der Waals surface area contributed by atoms with Crippen LogP contribution in [-0.4, -0.2) is 38.2 Å². The van der Waals surface area contributed by atoms with Gasteiger partial charge in [0.2, 0.25) is 0 Å². The quantitative estimate of drug-likeness (QED) is 0.906. The van der Waals surface area contributed by atoms with Crippen molar-refractivity contribution in [3.8, 4) is 5.75 Å². The lowest BCUT2D eigenvalue weighted by atomic mass is 10.0. The first-order chi connectivity index (χ1) is 8.76. The third-order valence-corrected chi connectivity index (χ3v) is 4.38. The zero-order valence-electron chi connectivity index (χ0n) is 10.7. The van der Waals surface area contributed by atoms with Crippen LogP contribution in [0.2, 0.25) is 5.02 Å². The van der Waals surface area contributed by atoms with Gasteiger partial charge < -0.3 is 10.1 Å². The van der Waals surface area contributed by atoms with Crippen LogP contribution < -0.4 is 10.1 Å². The fourth-order valence-electron chi connectivity index (χ4n) is 3.15. The van der Waals surface area contributed by atoms with Gasteiger partial charge in [0.15, 0.2) is 0 Å². The second-order valence-corrected chi connectivity index (χ2v) is 5.75. The van der Waals surface area contributed by atoms with Crippen molar-refractivity contribution >= 4 is 11.6 Å². The highest BCUT2D eigenvalue weighted by Gasteiger charge is 2.35. The van der Waals surface area contributed by atoms with E-state index in [0.717, 1.165) is 24.1 Å². The summed E-state index contributed by atoms with van der Waals surface area (Å²) in [7, 11) is 1.65. The number of likely N-dealkylation sites (tertiary alicyclic amines) is 1. The van der Waals surface area contributed by atoms with Gasteiger partial charge >= 0.3 is 0 Å². The topological polar surface area (TPSA) is 24.5 Å². The van der Waals surface area contributed by atoms with Crippen molar-refractivity contribution in [3.63, 3.8) is 0 Å². The molecule has 1 aromatic carbocycles. The van der Waals surface area contributed by atoms with Crippen LogP contribution in [-0.2, 0) is 6.54 Å². The molecule has 0 unspecified atom stereocenters. The van der Waals surface area contributed by atoms with E-state index in [-0.39, 0.29) is 0 Å². The van der Waals surface area contributed by atoms with Gasteiger partial charge in [0.1, 0.15) is 5.75 Å². The SMILES string of the molecule is COc1ccc(CN2C[C@H]3CNC[C@H]3C2)cc1Cl. The fourth-order valence-corrected chi connectivity index (χ4v) is 3.43. The van der Waals surface area contributed by atoms with E-state index in [4.69, 9.17) is 16.3 Å². The first kappa shape index (κ1) is 12.3. The summed E-state index contributed by atoms with van der Waals surface area (Å²) in [5.41, 5.74) is 1.27. The van der Waals surface area contributed by atoms with Gasteiger partial charge in [-0.15, -0.1) is 0 Å². The number of nitrogens with zero attached hydrogens (tertiary/aromatic N) is 1. The number of rotatable bonds is 3. The van der Waals surface area contributed by atoms with Crippen LogP contribution in [0.25, 0.3) is 0 Å². The third kappa shape index (κ3) is 2.35. The van der Waals surface area contributed by atoms with Crippen molar-refractivity contribution in [3.05, 3.63) is 28.8 Å². The summed E-state index contributed by atoms with van der Waals surface area (Å²) in [6.07, 6.45) is 0. The zero-order chi connectivity index (χ0) is 12.5. The molecular weight excluding hydrogens is 248 g/mol. The monoisotopic (exact) mass is 266 g/mol. The Balaban J connectivity index is 1.65. The van der Waals surface area contributed by atoms with E-state index in [0.29, 0.717) is 5.02 Å².